The molecule has 2 unspecified atom stereocenters. The van der Waals surface area contributed by atoms with E-state index in [0.717, 1.165) is 28.6 Å². The zero-order valence-electron chi connectivity index (χ0n) is 12.4. The minimum Gasteiger partial charge on any atom is -0.463 e. The van der Waals surface area contributed by atoms with Crippen LogP contribution in [0.4, 0.5) is 0 Å². The predicted octanol–water partition coefficient (Wildman–Crippen LogP) is 2.60. The van der Waals surface area contributed by atoms with Gasteiger partial charge in [-0.1, -0.05) is 0 Å². The lowest BCUT2D eigenvalue weighted by Crippen LogP contribution is -2.53. The van der Waals surface area contributed by atoms with E-state index in [1.165, 1.54) is 0 Å². The number of carbonyl (C=O) groups excluding carboxylic acids is 2. The van der Waals surface area contributed by atoms with Gasteiger partial charge in [-0.3, -0.25) is 4.90 Å². The van der Waals surface area contributed by atoms with E-state index >= 15 is 0 Å². The van der Waals surface area contributed by atoms with E-state index in [1.807, 2.05) is 11.9 Å². The van der Waals surface area contributed by atoms with Crippen molar-refractivity contribution >= 4 is 33.4 Å². The van der Waals surface area contributed by atoms with Crippen molar-refractivity contribution in [3.63, 3.8) is 0 Å². The number of esters is 2. The Balaban J connectivity index is 1.95. The first-order valence-corrected chi connectivity index (χ1v) is 8.13. The normalized spacial score (nSPS) is 32.0. The summed E-state index contributed by atoms with van der Waals surface area (Å²) in [4.78, 5) is 26.0. The monoisotopic (exact) mass is 379 g/mol. The molecule has 0 amide bonds. The van der Waals surface area contributed by atoms with E-state index in [-0.39, 0.29) is 6.04 Å². The van der Waals surface area contributed by atoms with Gasteiger partial charge < -0.3 is 13.9 Å². The highest BCUT2D eigenvalue weighted by atomic mass is 79.9. The van der Waals surface area contributed by atoms with Crippen LogP contribution in [-0.2, 0) is 19.1 Å². The molecule has 0 N–H and O–H groups in total. The molecule has 4 heterocycles. The third-order valence-electron chi connectivity index (χ3n) is 4.72. The number of furan rings is 1. The van der Waals surface area contributed by atoms with E-state index < -0.39 is 17.7 Å². The number of fused-ring (bicyclic) bond motifs is 1. The van der Waals surface area contributed by atoms with Crippen molar-refractivity contribution in [2.45, 2.75) is 31.0 Å². The van der Waals surface area contributed by atoms with Gasteiger partial charge >= 0.3 is 11.9 Å². The number of carbonyl (C=O) groups is 2. The minimum absolute atomic E-state index is 0.195. The Morgan fingerprint density at radius 3 is 2.83 bits per heavy atom. The van der Waals surface area contributed by atoms with Gasteiger partial charge in [0.2, 0.25) is 5.72 Å². The molecule has 120 valence electrons. The molecule has 3 aliphatic rings. The van der Waals surface area contributed by atoms with Crippen LogP contribution < -0.4 is 0 Å². The summed E-state index contributed by atoms with van der Waals surface area (Å²) in [6.07, 6.45) is 5.84. The van der Waals surface area contributed by atoms with Crippen molar-refractivity contribution in [3.8, 4) is 0 Å². The molecular weight excluding hydrogens is 366 g/mol. The first kappa shape index (κ1) is 14.7. The maximum Gasteiger partial charge on any atom is 0.336 e. The average Bonchev–Trinajstić information content (AvgIpc) is 3.01. The molecule has 1 spiro atoms. The van der Waals surface area contributed by atoms with Crippen LogP contribution >= 0.6 is 15.9 Å². The summed E-state index contributed by atoms with van der Waals surface area (Å²) in [5.41, 5.74) is -0.291. The topological polar surface area (TPSA) is 69.0 Å². The molecule has 1 fully saturated rings. The highest BCUT2D eigenvalue weighted by Crippen LogP contribution is 2.51. The quantitative estimate of drug-likeness (QED) is 0.698. The summed E-state index contributed by atoms with van der Waals surface area (Å²) in [7, 11) is 1.89. The number of nitrogens with zero attached hydrogens (tertiary/aromatic N) is 1. The molecule has 6 nitrogen and oxygen atoms in total. The van der Waals surface area contributed by atoms with E-state index in [0.29, 0.717) is 24.4 Å². The standard InChI is InChI=1S/C16H14BrNO5/c1-18-9-4-6-16(18)15(22-12(19)2-3-13(20)23-16)10(8-9)14-11(17)5-7-21-14/h2-3,5,7,9H,4,6,8H2,1H3/b3-2+. The predicted molar refractivity (Wildman–Crippen MR) is 82.8 cm³/mol. The van der Waals surface area contributed by atoms with Gasteiger partial charge in [0.15, 0.2) is 5.76 Å². The lowest BCUT2D eigenvalue weighted by atomic mass is 9.95. The van der Waals surface area contributed by atoms with Crippen LogP contribution in [0.25, 0.3) is 5.57 Å². The fourth-order valence-electron chi connectivity index (χ4n) is 3.59. The van der Waals surface area contributed by atoms with Crippen LogP contribution in [0.5, 0.6) is 0 Å². The Kier molecular flexibility index (Phi) is 3.24. The molecule has 0 aliphatic carbocycles. The average molecular weight is 380 g/mol. The second kappa shape index (κ2) is 5.07. The lowest BCUT2D eigenvalue weighted by molar-refractivity contribution is -0.178. The van der Waals surface area contributed by atoms with Crippen LogP contribution in [0, 0.1) is 0 Å². The van der Waals surface area contributed by atoms with Gasteiger partial charge in [0.25, 0.3) is 0 Å². The smallest absolute Gasteiger partial charge is 0.336 e. The van der Waals surface area contributed by atoms with Gasteiger partial charge in [-0.25, -0.2) is 9.59 Å². The summed E-state index contributed by atoms with van der Waals surface area (Å²) < 4.78 is 17.6. The van der Waals surface area contributed by atoms with Crippen molar-refractivity contribution in [2.75, 3.05) is 7.05 Å². The number of hydrogen-bond donors (Lipinski definition) is 0. The molecule has 1 aromatic rings. The molecule has 0 aromatic carbocycles. The fourth-order valence-corrected chi connectivity index (χ4v) is 4.03. The first-order valence-electron chi connectivity index (χ1n) is 7.34. The Hall–Kier alpha value is -1.86. The van der Waals surface area contributed by atoms with Gasteiger partial charge in [-0.05, 0) is 41.9 Å². The van der Waals surface area contributed by atoms with Crippen molar-refractivity contribution in [3.05, 3.63) is 40.5 Å². The Bertz CT molecular complexity index is 764. The van der Waals surface area contributed by atoms with Crippen molar-refractivity contribution < 1.29 is 23.5 Å². The van der Waals surface area contributed by atoms with Crippen LogP contribution in [0.3, 0.4) is 0 Å². The molecule has 3 aliphatic heterocycles. The van der Waals surface area contributed by atoms with E-state index in [9.17, 15) is 9.59 Å². The molecule has 23 heavy (non-hydrogen) atoms. The Labute approximate surface area is 140 Å². The zero-order valence-corrected chi connectivity index (χ0v) is 14.0. The van der Waals surface area contributed by atoms with Crippen molar-refractivity contribution in [1.82, 2.24) is 4.90 Å². The molecule has 1 saturated heterocycles. The first-order chi connectivity index (χ1) is 11.0. The van der Waals surface area contributed by atoms with Gasteiger partial charge in [0.1, 0.15) is 5.76 Å². The third kappa shape index (κ3) is 2.10. The summed E-state index contributed by atoms with van der Waals surface area (Å²) in [5.74, 6) is -0.175. The molecule has 0 saturated carbocycles. The molecule has 7 heteroatoms. The van der Waals surface area contributed by atoms with Gasteiger partial charge in [0, 0.05) is 30.2 Å². The van der Waals surface area contributed by atoms with Crippen LogP contribution in [0.2, 0.25) is 0 Å². The van der Waals surface area contributed by atoms with E-state index in [4.69, 9.17) is 13.9 Å². The molecule has 2 atom stereocenters. The SMILES string of the molecule is CN1C2CCC13OC(=O)/C=C/C(=O)OC3=C(c1occc1Br)C2. The van der Waals surface area contributed by atoms with Crippen LogP contribution in [-0.4, -0.2) is 35.7 Å². The highest BCUT2D eigenvalue weighted by Gasteiger charge is 2.57. The maximum atomic E-state index is 12.0. The summed E-state index contributed by atoms with van der Waals surface area (Å²) in [6, 6.07) is 1.98. The molecule has 2 bridgehead atoms. The van der Waals surface area contributed by atoms with Gasteiger partial charge in [0.05, 0.1) is 10.7 Å². The molecule has 1 aromatic heterocycles. The molecular formula is C16H14BrNO5. The Morgan fingerprint density at radius 2 is 2.09 bits per heavy atom. The third-order valence-corrected chi connectivity index (χ3v) is 5.35. The number of hydrogen-bond acceptors (Lipinski definition) is 6. The summed E-state index contributed by atoms with van der Waals surface area (Å²) in [6.45, 7) is 0. The largest absolute Gasteiger partial charge is 0.463 e. The number of halogens is 1. The van der Waals surface area contributed by atoms with E-state index in [2.05, 4.69) is 15.9 Å². The molecule has 0 radical (unpaired) electrons. The fraction of sp³-hybridized carbons (Fsp3) is 0.375. The van der Waals surface area contributed by atoms with E-state index in [1.54, 1.807) is 12.3 Å². The maximum absolute atomic E-state index is 12.0. The van der Waals surface area contributed by atoms with Crippen LogP contribution in [0.15, 0.2) is 39.1 Å². The zero-order chi connectivity index (χ0) is 16.2. The van der Waals surface area contributed by atoms with Crippen molar-refractivity contribution in [1.29, 1.82) is 0 Å². The van der Waals surface area contributed by atoms with Gasteiger partial charge in [-0.15, -0.1) is 0 Å². The second-order valence-electron chi connectivity index (χ2n) is 5.87. The lowest BCUT2D eigenvalue weighted by Gasteiger charge is -2.42. The Morgan fingerprint density at radius 1 is 1.30 bits per heavy atom. The highest BCUT2D eigenvalue weighted by molar-refractivity contribution is 9.10. The van der Waals surface area contributed by atoms with Crippen LogP contribution in [0.1, 0.15) is 25.0 Å². The minimum atomic E-state index is -1.05. The summed E-state index contributed by atoms with van der Waals surface area (Å²) >= 11 is 3.45. The number of rotatable bonds is 1. The number of ether oxygens (including phenoxy) is 2. The van der Waals surface area contributed by atoms with Gasteiger partial charge in [-0.2, -0.15) is 0 Å². The van der Waals surface area contributed by atoms with Crippen molar-refractivity contribution in [2.24, 2.45) is 0 Å². The molecule has 4 rings (SSSR count). The number of likely N-dealkylation sites (N-methyl/N-ethyl adjacent to an activating group) is 1. The second-order valence-corrected chi connectivity index (χ2v) is 6.73. The summed E-state index contributed by atoms with van der Waals surface area (Å²) in [5, 5.41) is 0.